The zero-order chi connectivity index (χ0) is 13.6. The average Bonchev–Trinajstić information content (AvgIpc) is 2.27. The fraction of sp³-hybridized carbons (Fsp3) is 0.364. The molecule has 0 aliphatic rings. The maximum absolute atomic E-state index is 10.8. The molecule has 0 aromatic heterocycles. The minimum atomic E-state index is -3.85. The SMILES string of the molecule is O=C(O)N(CCCc1ccccc1)CS(=O)(=O)Cl. The number of aryl methyl sites for hydroxylation is 1. The molecule has 0 spiro atoms. The van der Waals surface area contributed by atoms with Crippen LogP contribution in [0.5, 0.6) is 0 Å². The smallest absolute Gasteiger partial charge is 0.408 e. The summed E-state index contributed by atoms with van der Waals surface area (Å²) in [6, 6.07) is 9.56. The first-order valence-electron chi connectivity index (χ1n) is 5.32. The van der Waals surface area contributed by atoms with Gasteiger partial charge in [-0.1, -0.05) is 30.3 Å². The largest absolute Gasteiger partial charge is 0.465 e. The van der Waals surface area contributed by atoms with Gasteiger partial charge in [-0.25, -0.2) is 13.2 Å². The van der Waals surface area contributed by atoms with Crippen molar-refractivity contribution in [3.8, 4) is 0 Å². The number of carbonyl (C=O) groups is 1. The molecule has 1 aromatic rings. The highest BCUT2D eigenvalue weighted by molar-refractivity contribution is 8.13. The molecule has 0 saturated carbocycles. The van der Waals surface area contributed by atoms with E-state index in [9.17, 15) is 13.2 Å². The summed E-state index contributed by atoms with van der Waals surface area (Å²) in [5.41, 5.74) is 1.08. The molecule has 18 heavy (non-hydrogen) atoms. The van der Waals surface area contributed by atoms with Gasteiger partial charge in [0.25, 0.3) is 9.05 Å². The van der Waals surface area contributed by atoms with Crippen LogP contribution in [0.25, 0.3) is 0 Å². The Hall–Kier alpha value is -1.27. The highest BCUT2D eigenvalue weighted by Crippen LogP contribution is 2.06. The van der Waals surface area contributed by atoms with Gasteiger partial charge in [0, 0.05) is 17.2 Å². The molecular formula is C11H14ClNO4S. The third kappa shape index (κ3) is 5.88. The first-order valence-corrected chi connectivity index (χ1v) is 7.80. The van der Waals surface area contributed by atoms with Gasteiger partial charge in [0.1, 0.15) is 5.88 Å². The van der Waals surface area contributed by atoms with Gasteiger partial charge in [-0.3, -0.25) is 4.90 Å². The molecule has 1 N–H and O–H groups in total. The zero-order valence-electron chi connectivity index (χ0n) is 9.62. The summed E-state index contributed by atoms with van der Waals surface area (Å²) in [5, 5.41) is 8.84. The Kier molecular flexibility index (Phi) is 5.43. The minimum Gasteiger partial charge on any atom is -0.465 e. The second kappa shape index (κ2) is 6.61. The maximum atomic E-state index is 10.8. The average molecular weight is 292 g/mol. The topological polar surface area (TPSA) is 74.7 Å². The summed E-state index contributed by atoms with van der Waals surface area (Å²) in [7, 11) is 1.19. The lowest BCUT2D eigenvalue weighted by molar-refractivity contribution is 0.152. The van der Waals surface area contributed by atoms with Crippen LogP contribution in [0.2, 0.25) is 0 Å². The molecule has 0 aliphatic carbocycles. The van der Waals surface area contributed by atoms with Crippen LogP contribution in [0.1, 0.15) is 12.0 Å². The number of halogens is 1. The first kappa shape index (κ1) is 14.8. The molecule has 5 nitrogen and oxygen atoms in total. The first-order chi connectivity index (χ1) is 8.38. The van der Waals surface area contributed by atoms with Gasteiger partial charge >= 0.3 is 6.09 Å². The molecule has 0 bridgehead atoms. The summed E-state index contributed by atoms with van der Waals surface area (Å²) < 4.78 is 21.7. The lowest BCUT2D eigenvalue weighted by atomic mass is 10.1. The molecule has 1 aromatic carbocycles. The van der Waals surface area contributed by atoms with Crippen LogP contribution >= 0.6 is 10.7 Å². The van der Waals surface area contributed by atoms with E-state index in [4.69, 9.17) is 15.8 Å². The summed E-state index contributed by atoms with van der Waals surface area (Å²) in [5.74, 6) is -0.682. The monoisotopic (exact) mass is 291 g/mol. The highest BCUT2D eigenvalue weighted by Gasteiger charge is 2.18. The third-order valence-corrected chi connectivity index (χ3v) is 3.23. The van der Waals surface area contributed by atoms with Gasteiger partial charge in [-0.15, -0.1) is 0 Å². The Morgan fingerprint density at radius 2 is 1.89 bits per heavy atom. The molecule has 7 heteroatoms. The zero-order valence-corrected chi connectivity index (χ0v) is 11.2. The number of hydrogen-bond donors (Lipinski definition) is 1. The van der Waals surface area contributed by atoms with Crippen molar-refractivity contribution in [2.75, 3.05) is 12.4 Å². The second-order valence-corrected chi connectivity index (χ2v) is 6.55. The lowest BCUT2D eigenvalue weighted by Crippen LogP contribution is -2.34. The number of hydrogen-bond acceptors (Lipinski definition) is 3. The van der Waals surface area contributed by atoms with Crippen LogP contribution in [0.3, 0.4) is 0 Å². The molecule has 0 heterocycles. The fourth-order valence-electron chi connectivity index (χ4n) is 1.52. The standard InChI is InChI=1S/C11H14ClNO4S/c12-18(16,17)9-13(11(14)15)8-4-7-10-5-2-1-3-6-10/h1-3,5-6H,4,7-9H2,(H,14,15). The van der Waals surface area contributed by atoms with E-state index < -0.39 is 21.0 Å². The lowest BCUT2D eigenvalue weighted by Gasteiger charge is -2.16. The van der Waals surface area contributed by atoms with E-state index in [2.05, 4.69) is 0 Å². The number of nitrogens with zero attached hydrogens (tertiary/aromatic N) is 1. The molecular weight excluding hydrogens is 278 g/mol. The van der Waals surface area contributed by atoms with Crippen molar-refractivity contribution in [1.82, 2.24) is 4.90 Å². The van der Waals surface area contributed by atoms with Crippen molar-refractivity contribution in [3.63, 3.8) is 0 Å². The molecule has 0 radical (unpaired) electrons. The Bertz CT molecular complexity index is 489. The van der Waals surface area contributed by atoms with E-state index in [1.165, 1.54) is 0 Å². The third-order valence-electron chi connectivity index (χ3n) is 2.32. The summed E-state index contributed by atoms with van der Waals surface area (Å²) in [6.45, 7) is 0.135. The molecule has 0 fully saturated rings. The molecule has 0 saturated heterocycles. The van der Waals surface area contributed by atoms with Crippen LogP contribution < -0.4 is 0 Å². The Balaban J connectivity index is 2.46. The Morgan fingerprint density at radius 1 is 1.28 bits per heavy atom. The van der Waals surface area contributed by atoms with Crippen molar-refractivity contribution in [1.29, 1.82) is 0 Å². The van der Waals surface area contributed by atoms with Gasteiger partial charge in [-0.2, -0.15) is 0 Å². The second-order valence-electron chi connectivity index (χ2n) is 3.80. The quantitative estimate of drug-likeness (QED) is 0.815. The summed E-state index contributed by atoms with van der Waals surface area (Å²) in [4.78, 5) is 11.6. The van der Waals surface area contributed by atoms with Crippen LogP contribution in [0.15, 0.2) is 30.3 Å². The van der Waals surface area contributed by atoms with Crippen molar-refractivity contribution in [2.24, 2.45) is 0 Å². The van der Waals surface area contributed by atoms with E-state index >= 15 is 0 Å². The molecule has 100 valence electrons. The van der Waals surface area contributed by atoms with Gasteiger partial charge in [0.05, 0.1) is 0 Å². The number of benzene rings is 1. The van der Waals surface area contributed by atoms with Crippen LogP contribution in [-0.4, -0.2) is 36.9 Å². The number of rotatable bonds is 6. The maximum Gasteiger partial charge on any atom is 0.408 e. The fourth-order valence-corrected chi connectivity index (χ4v) is 2.49. The molecule has 0 aliphatic heterocycles. The number of amides is 1. The molecule has 1 amide bonds. The molecule has 0 atom stereocenters. The van der Waals surface area contributed by atoms with Gasteiger partial charge in [0.2, 0.25) is 0 Å². The minimum absolute atomic E-state index is 0.135. The van der Waals surface area contributed by atoms with Gasteiger partial charge in [0.15, 0.2) is 0 Å². The summed E-state index contributed by atoms with van der Waals surface area (Å²) in [6.07, 6.45) is -0.0531. The number of carboxylic acid groups (broad SMARTS) is 1. The Labute approximate surface area is 110 Å². The normalized spacial score (nSPS) is 11.2. The van der Waals surface area contributed by atoms with E-state index in [0.29, 0.717) is 12.8 Å². The predicted molar refractivity (Wildman–Crippen MR) is 69.1 cm³/mol. The highest BCUT2D eigenvalue weighted by atomic mass is 35.7. The molecule has 1 rings (SSSR count). The van der Waals surface area contributed by atoms with Crippen LogP contribution in [0.4, 0.5) is 4.79 Å². The van der Waals surface area contributed by atoms with E-state index in [1.807, 2.05) is 30.3 Å². The van der Waals surface area contributed by atoms with Gasteiger partial charge in [-0.05, 0) is 18.4 Å². The van der Waals surface area contributed by atoms with E-state index in [0.717, 1.165) is 10.5 Å². The Morgan fingerprint density at radius 3 is 2.39 bits per heavy atom. The van der Waals surface area contributed by atoms with Crippen molar-refractivity contribution in [3.05, 3.63) is 35.9 Å². The van der Waals surface area contributed by atoms with Gasteiger partial charge < -0.3 is 5.11 Å². The molecule has 0 unspecified atom stereocenters. The van der Waals surface area contributed by atoms with Crippen molar-refractivity contribution < 1.29 is 18.3 Å². The van der Waals surface area contributed by atoms with E-state index in [1.54, 1.807) is 0 Å². The van der Waals surface area contributed by atoms with Crippen molar-refractivity contribution in [2.45, 2.75) is 12.8 Å². The predicted octanol–water partition coefficient (Wildman–Crippen LogP) is 2.13. The summed E-state index contributed by atoms with van der Waals surface area (Å²) >= 11 is 0. The van der Waals surface area contributed by atoms with Crippen molar-refractivity contribution >= 4 is 25.8 Å². The van der Waals surface area contributed by atoms with E-state index in [-0.39, 0.29) is 6.54 Å². The van der Waals surface area contributed by atoms with Crippen LogP contribution in [0, 0.1) is 0 Å². The van der Waals surface area contributed by atoms with Crippen LogP contribution in [-0.2, 0) is 15.5 Å².